The third-order valence-corrected chi connectivity index (χ3v) is 16.1. The molecule has 3 aliphatic heterocycles. The topological polar surface area (TPSA) is 197 Å². The predicted octanol–water partition coefficient (Wildman–Crippen LogP) is 6.24. The summed E-state index contributed by atoms with van der Waals surface area (Å²) >= 11 is 0. The number of amides is 4. The molecule has 1 aromatic heterocycles. The number of allylic oxidation sites excluding steroid dienone is 2. The summed E-state index contributed by atoms with van der Waals surface area (Å²) in [6.45, 7) is 4.81. The van der Waals surface area contributed by atoms with E-state index in [1.165, 1.54) is 49.5 Å². The number of para-hydroxylation sites is 1. The van der Waals surface area contributed by atoms with Crippen molar-refractivity contribution in [2.45, 2.75) is 138 Å². The Balaban J connectivity index is 1.11. The Labute approximate surface area is 376 Å². The molecule has 0 radical (unpaired) electrons. The highest BCUT2D eigenvalue weighted by Gasteiger charge is 2.56. The zero-order valence-corrected chi connectivity index (χ0v) is 37.8. The highest BCUT2D eigenvalue weighted by Crippen LogP contribution is 2.43. The van der Waals surface area contributed by atoms with Crippen LogP contribution in [0.2, 0.25) is 0 Å². The quantitative estimate of drug-likeness (QED) is 0.117. The number of carbonyl (C=O) groups excluding carboxylic acids is 3. The van der Waals surface area contributed by atoms with Crippen LogP contribution in [0.5, 0.6) is 11.6 Å². The Hall–Kier alpha value is -4.96. The van der Waals surface area contributed by atoms with Crippen molar-refractivity contribution in [2.75, 3.05) is 32.8 Å². The molecule has 1 aromatic carbocycles. The third-order valence-electron chi connectivity index (χ3n) is 14.0. The van der Waals surface area contributed by atoms with Crippen LogP contribution in [0.4, 0.5) is 4.79 Å². The average molecular weight is 901 g/mol. The number of unbranched alkanes of at least 4 members (excludes halogenated alkanes) is 1. The Morgan fingerprint density at radius 2 is 1.81 bits per heavy atom. The molecule has 5 atom stereocenters. The standard InChI is InChI=1S/C48H64N6O9S/c1-47(25-26-47)64(60,61)52-45(57)48-24-23-34(48)16-8-3-2-4-10-20-39(50-46(58)59)44(56)54-32-35(31-40(54)42(55)51-48)63-43-37(18-9-5-7-15-33-21-22-33)41(36-17-11-12-19-38(36)49-43)62-30-29-53-27-13-6-14-28-53/h8-9,11-12,16-19,23-24,33-35,39-40,50H,2-7,10,13-15,20-22,25-32H2,1H3,(H,51,55)(H,52,57)(H,58,59)/b16-8-,18-9+/t34-,35-,39+,40+,48-/m1/s1. The van der Waals surface area contributed by atoms with Gasteiger partial charge in [-0.15, -0.1) is 0 Å². The van der Waals surface area contributed by atoms with E-state index in [4.69, 9.17) is 14.5 Å². The molecule has 0 spiro atoms. The first-order chi connectivity index (χ1) is 30.9. The van der Waals surface area contributed by atoms with Crippen LogP contribution in [-0.2, 0) is 24.4 Å². The van der Waals surface area contributed by atoms with Crippen LogP contribution in [0.1, 0.15) is 115 Å². The van der Waals surface area contributed by atoms with E-state index in [9.17, 15) is 32.7 Å². The largest absolute Gasteiger partial charge is 0.491 e. The number of carboxylic acid groups (broad SMARTS) is 1. The zero-order valence-electron chi connectivity index (χ0n) is 37.0. The number of hydrogen-bond acceptors (Lipinski definition) is 10. The van der Waals surface area contributed by atoms with Crippen molar-refractivity contribution >= 4 is 50.8 Å². The number of fused-ring (bicyclic) bond motifs is 3. The minimum absolute atomic E-state index is 0.0140. The summed E-state index contributed by atoms with van der Waals surface area (Å²) in [7, 11) is -4.06. The maximum Gasteiger partial charge on any atom is 0.405 e. The van der Waals surface area contributed by atoms with Gasteiger partial charge in [-0.2, -0.15) is 0 Å². The van der Waals surface area contributed by atoms with E-state index in [0.29, 0.717) is 55.5 Å². The highest BCUT2D eigenvalue weighted by molar-refractivity contribution is 7.91. The molecule has 2 aromatic rings. The summed E-state index contributed by atoms with van der Waals surface area (Å²) < 4.78 is 41.4. The highest BCUT2D eigenvalue weighted by atomic mass is 32.2. The molecule has 4 heterocycles. The van der Waals surface area contributed by atoms with Gasteiger partial charge in [0.05, 0.1) is 22.4 Å². The zero-order chi connectivity index (χ0) is 44.9. The number of ether oxygens (including phenoxy) is 2. The van der Waals surface area contributed by atoms with Gasteiger partial charge in [0.1, 0.15) is 36.1 Å². The normalized spacial score (nSPS) is 27.9. The second kappa shape index (κ2) is 19.6. The van der Waals surface area contributed by atoms with Crippen molar-refractivity contribution in [3.8, 4) is 11.6 Å². The van der Waals surface area contributed by atoms with Crippen LogP contribution < -0.4 is 24.8 Å². The number of benzene rings is 1. The Morgan fingerprint density at radius 1 is 1.03 bits per heavy atom. The molecule has 0 unspecified atom stereocenters. The second-order valence-corrected chi connectivity index (χ2v) is 21.1. The van der Waals surface area contributed by atoms with Crippen molar-refractivity contribution in [1.29, 1.82) is 0 Å². The summed E-state index contributed by atoms with van der Waals surface area (Å²) in [6.07, 6.45) is 21.9. The van der Waals surface area contributed by atoms with E-state index in [2.05, 4.69) is 26.3 Å². The van der Waals surface area contributed by atoms with Crippen molar-refractivity contribution in [3.63, 3.8) is 0 Å². The Kier molecular flexibility index (Phi) is 14.0. The molecule has 0 bridgehead atoms. The molecule has 64 heavy (non-hydrogen) atoms. The van der Waals surface area contributed by atoms with Crippen molar-refractivity contribution in [1.82, 2.24) is 30.1 Å². The molecule has 4 amide bonds. The van der Waals surface area contributed by atoms with Gasteiger partial charge in [0, 0.05) is 24.3 Å². The van der Waals surface area contributed by atoms with Crippen LogP contribution >= 0.6 is 0 Å². The van der Waals surface area contributed by atoms with Crippen LogP contribution in [-0.4, -0.2) is 113 Å². The van der Waals surface area contributed by atoms with Crippen molar-refractivity contribution in [2.24, 2.45) is 11.8 Å². The Bertz CT molecular complexity index is 2270. The van der Waals surface area contributed by atoms with Crippen LogP contribution in [0.3, 0.4) is 0 Å². The van der Waals surface area contributed by atoms with Crippen LogP contribution in [0.15, 0.2) is 54.6 Å². The third kappa shape index (κ3) is 10.4. The average Bonchev–Trinajstić information content (AvgIpc) is 4.20. The van der Waals surface area contributed by atoms with Crippen molar-refractivity contribution in [3.05, 3.63) is 60.2 Å². The molecular formula is C48H64N6O9S. The maximum absolute atomic E-state index is 14.7. The lowest BCUT2D eigenvalue weighted by molar-refractivity contribution is -0.142. The summed E-state index contributed by atoms with van der Waals surface area (Å²) in [6, 6.07) is 5.38. The molecule has 346 valence electrons. The van der Waals surface area contributed by atoms with Gasteiger partial charge in [0.2, 0.25) is 27.7 Å². The van der Waals surface area contributed by atoms with E-state index in [-0.39, 0.29) is 25.3 Å². The fourth-order valence-corrected chi connectivity index (χ4v) is 10.7. The van der Waals surface area contributed by atoms with Crippen LogP contribution in [0, 0.1) is 11.8 Å². The minimum atomic E-state index is -4.06. The van der Waals surface area contributed by atoms with Gasteiger partial charge in [0.15, 0.2) is 0 Å². The summed E-state index contributed by atoms with van der Waals surface area (Å²) in [4.78, 5) is 64.3. The lowest BCUT2D eigenvalue weighted by Crippen LogP contribution is -2.67. The maximum atomic E-state index is 14.7. The SMILES string of the molecule is CC1(S(=O)(=O)NC(=O)[C@@]23C=C[C@H]2/C=C\CCCCC[C@H](NC(=O)O)C(=O)N2C[C@H](Oc4nc5ccccc5c(OCCN5CCCCC5)c4/C=C/CCCC4CC4)C[C@H]2C(=O)N3)CC1. The van der Waals surface area contributed by atoms with E-state index in [1.54, 1.807) is 13.0 Å². The molecule has 2 saturated carbocycles. The van der Waals surface area contributed by atoms with Gasteiger partial charge in [-0.1, -0.05) is 81.0 Å². The lowest BCUT2D eigenvalue weighted by atomic mass is 9.73. The number of piperidine rings is 1. The van der Waals surface area contributed by atoms with E-state index in [1.807, 2.05) is 42.5 Å². The molecule has 15 nitrogen and oxygen atoms in total. The van der Waals surface area contributed by atoms with Gasteiger partial charge in [-0.05, 0) is 102 Å². The van der Waals surface area contributed by atoms with E-state index in [0.717, 1.165) is 50.2 Å². The van der Waals surface area contributed by atoms with E-state index >= 15 is 0 Å². The minimum Gasteiger partial charge on any atom is -0.491 e. The number of hydrogen-bond donors (Lipinski definition) is 4. The number of likely N-dealkylation sites (tertiary alicyclic amines) is 1. The monoisotopic (exact) mass is 900 g/mol. The molecule has 4 fully saturated rings. The number of pyridine rings is 1. The summed E-state index contributed by atoms with van der Waals surface area (Å²) in [5.41, 5.74) is -0.441. The molecule has 6 aliphatic rings. The number of aromatic nitrogens is 1. The molecule has 8 rings (SSSR count). The van der Waals surface area contributed by atoms with Crippen LogP contribution in [0.25, 0.3) is 17.0 Å². The first-order valence-electron chi connectivity index (χ1n) is 23.5. The van der Waals surface area contributed by atoms with Gasteiger partial charge in [-0.25, -0.2) is 18.2 Å². The molecule has 16 heteroatoms. The molecule has 2 saturated heterocycles. The molecular weight excluding hydrogens is 837 g/mol. The Morgan fingerprint density at radius 3 is 2.55 bits per heavy atom. The fraction of sp³-hybridized carbons (Fsp3) is 0.604. The van der Waals surface area contributed by atoms with Gasteiger partial charge >= 0.3 is 6.09 Å². The van der Waals surface area contributed by atoms with Gasteiger partial charge in [0.25, 0.3) is 5.91 Å². The number of nitrogens with one attached hydrogen (secondary N) is 3. The van der Waals surface area contributed by atoms with Gasteiger partial charge in [-0.3, -0.25) is 24.0 Å². The van der Waals surface area contributed by atoms with Crippen molar-refractivity contribution < 1.29 is 42.2 Å². The smallest absolute Gasteiger partial charge is 0.405 e. The first kappa shape index (κ1) is 45.6. The number of rotatable bonds is 15. The van der Waals surface area contributed by atoms with Gasteiger partial charge < -0.3 is 30.1 Å². The fourth-order valence-electron chi connectivity index (χ4n) is 9.41. The molecule has 3 aliphatic carbocycles. The second-order valence-electron chi connectivity index (χ2n) is 18.9. The molecule has 4 N–H and O–H groups in total. The number of sulfonamides is 1. The summed E-state index contributed by atoms with van der Waals surface area (Å²) in [5, 5.41) is 15.9. The first-order valence-corrected chi connectivity index (χ1v) is 25.0. The lowest BCUT2D eigenvalue weighted by Gasteiger charge is -2.42. The number of nitrogens with zero attached hydrogens (tertiary/aromatic N) is 3. The summed E-state index contributed by atoms with van der Waals surface area (Å²) in [5.74, 6) is -1.08. The van der Waals surface area contributed by atoms with E-state index < -0.39 is 68.2 Å². The number of carbonyl (C=O) groups is 4. The predicted molar refractivity (Wildman–Crippen MR) is 243 cm³/mol.